The fourth-order valence-corrected chi connectivity index (χ4v) is 5.66. The first-order valence-corrected chi connectivity index (χ1v) is 12.0. The molecule has 2 aromatic rings. The molecule has 0 aromatic heterocycles. The summed E-state index contributed by atoms with van der Waals surface area (Å²) in [6.45, 7) is 1.74. The highest BCUT2D eigenvalue weighted by Crippen LogP contribution is 2.38. The first-order chi connectivity index (χ1) is 15.3. The summed E-state index contributed by atoms with van der Waals surface area (Å²) < 4.78 is 0. The van der Waals surface area contributed by atoms with Crippen molar-refractivity contribution in [3.63, 3.8) is 0 Å². The zero-order valence-corrected chi connectivity index (χ0v) is 18.2. The lowest BCUT2D eigenvalue weighted by atomic mass is 9.80. The summed E-state index contributed by atoms with van der Waals surface area (Å²) in [5.74, 6) is 3.16. The highest BCUT2D eigenvalue weighted by Gasteiger charge is 2.36. The molecule has 0 spiro atoms. The van der Waals surface area contributed by atoms with Gasteiger partial charge in [-0.15, -0.1) is 0 Å². The maximum absolute atomic E-state index is 12.2. The second-order valence-corrected chi connectivity index (χ2v) is 9.55. The molecule has 4 nitrogen and oxygen atoms in total. The number of nitrogens with zero attached hydrogens (tertiary/aromatic N) is 1. The van der Waals surface area contributed by atoms with Crippen LogP contribution >= 0.6 is 0 Å². The van der Waals surface area contributed by atoms with Gasteiger partial charge in [0, 0.05) is 37.0 Å². The Morgan fingerprint density at radius 3 is 2.52 bits per heavy atom. The lowest BCUT2D eigenvalue weighted by molar-refractivity contribution is 0.0941. The highest BCUT2D eigenvalue weighted by atomic mass is 16.1. The molecule has 1 saturated carbocycles. The van der Waals surface area contributed by atoms with Crippen LogP contribution in [-0.2, 0) is 6.42 Å². The molecular weight excluding hydrogens is 382 g/mol. The lowest BCUT2D eigenvalue weighted by Crippen LogP contribution is -2.32. The second kappa shape index (κ2) is 9.25. The van der Waals surface area contributed by atoms with Gasteiger partial charge >= 0.3 is 0 Å². The smallest absolute Gasteiger partial charge is 0.251 e. The summed E-state index contributed by atoms with van der Waals surface area (Å²) in [5, 5.41) is 6.85. The van der Waals surface area contributed by atoms with Gasteiger partial charge in [0.05, 0.1) is 5.84 Å². The minimum absolute atomic E-state index is 0.0458. The van der Waals surface area contributed by atoms with Gasteiger partial charge in [-0.1, -0.05) is 42.5 Å². The molecule has 0 bridgehead atoms. The number of aryl methyl sites for hydroxylation is 1. The molecule has 0 unspecified atom stereocenters. The standard InChI is InChI=1S/C27H33N3O/c31-27(22-7-2-1-3-8-22)29-18-20-12-10-19(11-13-20)17-28-26-16-24-23-9-5-4-6-21(23)14-15-25(24)30-26/h1-9,19-20,24-25H,10-18H2,(H,28,30)(H,29,31)/t19?,20?,24-,25+/m0/s1. The summed E-state index contributed by atoms with van der Waals surface area (Å²) >= 11 is 0. The van der Waals surface area contributed by atoms with Crippen molar-refractivity contribution >= 4 is 11.7 Å². The Kier molecular flexibility index (Phi) is 6.06. The first kappa shape index (κ1) is 20.3. The average molecular weight is 416 g/mol. The zero-order valence-electron chi connectivity index (χ0n) is 18.2. The highest BCUT2D eigenvalue weighted by molar-refractivity contribution is 5.94. The Morgan fingerprint density at radius 2 is 1.68 bits per heavy atom. The van der Waals surface area contributed by atoms with Crippen LogP contribution in [0.25, 0.3) is 0 Å². The number of amidine groups is 1. The van der Waals surface area contributed by atoms with Crippen LogP contribution in [0.5, 0.6) is 0 Å². The summed E-state index contributed by atoms with van der Waals surface area (Å²) in [6.07, 6.45) is 8.30. The first-order valence-electron chi connectivity index (χ1n) is 12.0. The summed E-state index contributed by atoms with van der Waals surface area (Å²) in [5.41, 5.74) is 3.82. The molecule has 2 aromatic carbocycles. The van der Waals surface area contributed by atoms with Gasteiger partial charge in [0.1, 0.15) is 0 Å². The molecule has 1 saturated heterocycles. The maximum atomic E-state index is 12.2. The van der Waals surface area contributed by atoms with E-state index in [9.17, 15) is 4.79 Å². The number of benzene rings is 2. The Labute approximate surface area is 185 Å². The monoisotopic (exact) mass is 415 g/mol. The third kappa shape index (κ3) is 4.68. The van der Waals surface area contributed by atoms with Gasteiger partial charge in [-0.3, -0.25) is 9.79 Å². The van der Waals surface area contributed by atoms with Crippen molar-refractivity contribution in [1.82, 2.24) is 10.6 Å². The molecule has 1 amide bonds. The van der Waals surface area contributed by atoms with E-state index in [2.05, 4.69) is 34.9 Å². The lowest BCUT2D eigenvalue weighted by Gasteiger charge is -2.28. The van der Waals surface area contributed by atoms with Gasteiger partial charge in [-0.25, -0.2) is 0 Å². The number of aliphatic imine (C=N–C) groups is 1. The van der Waals surface area contributed by atoms with Crippen molar-refractivity contribution in [3.8, 4) is 0 Å². The number of rotatable bonds is 5. The van der Waals surface area contributed by atoms with Crippen molar-refractivity contribution < 1.29 is 4.79 Å². The van der Waals surface area contributed by atoms with E-state index in [4.69, 9.17) is 4.99 Å². The molecule has 2 fully saturated rings. The summed E-state index contributed by atoms with van der Waals surface area (Å²) in [4.78, 5) is 17.3. The Bertz CT molecular complexity index is 931. The molecular formula is C27H33N3O. The zero-order chi connectivity index (χ0) is 21.0. The van der Waals surface area contributed by atoms with Crippen molar-refractivity contribution in [1.29, 1.82) is 0 Å². The Morgan fingerprint density at radius 1 is 0.935 bits per heavy atom. The maximum Gasteiger partial charge on any atom is 0.251 e. The molecule has 2 aliphatic carbocycles. The number of hydrogen-bond donors (Lipinski definition) is 2. The topological polar surface area (TPSA) is 53.5 Å². The van der Waals surface area contributed by atoms with Crippen LogP contribution in [0.3, 0.4) is 0 Å². The van der Waals surface area contributed by atoms with Gasteiger partial charge in [0.15, 0.2) is 0 Å². The van der Waals surface area contributed by atoms with Gasteiger partial charge in [0.25, 0.3) is 5.91 Å². The molecule has 5 rings (SSSR count). The molecule has 2 N–H and O–H groups in total. The molecule has 0 radical (unpaired) electrons. The number of carbonyl (C=O) groups excluding carboxylic acids is 1. The largest absolute Gasteiger partial charge is 0.370 e. The molecule has 31 heavy (non-hydrogen) atoms. The fourth-order valence-electron chi connectivity index (χ4n) is 5.66. The Balaban J connectivity index is 1.07. The molecule has 1 heterocycles. The molecule has 3 aliphatic rings. The van der Waals surface area contributed by atoms with Crippen LogP contribution in [0.1, 0.15) is 65.9 Å². The van der Waals surface area contributed by atoms with E-state index in [1.165, 1.54) is 55.5 Å². The van der Waals surface area contributed by atoms with Crippen LogP contribution in [-0.4, -0.2) is 30.9 Å². The van der Waals surface area contributed by atoms with E-state index in [1.54, 1.807) is 0 Å². The normalized spacial score (nSPS) is 28.5. The molecule has 2 atom stereocenters. The predicted molar refractivity (Wildman–Crippen MR) is 126 cm³/mol. The van der Waals surface area contributed by atoms with Gasteiger partial charge in [0.2, 0.25) is 0 Å². The van der Waals surface area contributed by atoms with E-state index in [1.807, 2.05) is 30.3 Å². The number of amides is 1. The quantitative estimate of drug-likeness (QED) is 0.743. The number of carbonyl (C=O) groups is 1. The van der Waals surface area contributed by atoms with Gasteiger partial charge < -0.3 is 10.6 Å². The van der Waals surface area contributed by atoms with Gasteiger partial charge in [-0.2, -0.15) is 0 Å². The minimum atomic E-state index is 0.0458. The fraction of sp³-hybridized carbons (Fsp3) is 0.481. The third-order valence-corrected chi connectivity index (χ3v) is 7.52. The van der Waals surface area contributed by atoms with E-state index in [-0.39, 0.29) is 5.91 Å². The van der Waals surface area contributed by atoms with Crippen molar-refractivity contribution in [2.24, 2.45) is 16.8 Å². The Hall–Kier alpha value is -2.62. The van der Waals surface area contributed by atoms with E-state index < -0.39 is 0 Å². The summed E-state index contributed by atoms with van der Waals surface area (Å²) in [6, 6.07) is 19.0. The predicted octanol–water partition coefficient (Wildman–Crippen LogP) is 4.71. The third-order valence-electron chi connectivity index (χ3n) is 7.52. The minimum Gasteiger partial charge on any atom is -0.370 e. The van der Waals surface area contributed by atoms with Crippen LogP contribution in [0.2, 0.25) is 0 Å². The van der Waals surface area contributed by atoms with E-state index in [0.29, 0.717) is 23.8 Å². The van der Waals surface area contributed by atoms with Crippen molar-refractivity contribution in [2.45, 2.75) is 56.9 Å². The number of fused-ring (bicyclic) bond motifs is 3. The van der Waals surface area contributed by atoms with Crippen LogP contribution < -0.4 is 10.6 Å². The van der Waals surface area contributed by atoms with Crippen LogP contribution in [0.15, 0.2) is 59.6 Å². The molecule has 162 valence electrons. The SMILES string of the molecule is O=C(NCC1CCC(CN=C2C[C@H]3c4ccccc4CC[C@H]3N2)CC1)c1ccccc1. The van der Waals surface area contributed by atoms with Crippen LogP contribution in [0, 0.1) is 11.8 Å². The average Bonchev–Trinajstić information content (AvgIpc) is 3.26. The van der Waals surface area contributed by atoms with E-state index in [0.717, 1.165) is 25.1 Å². The number of hydrogen-bond acceptors (Lipinski definition) is 2. The van der Waals surface area contributed by atoms with Crippen molar-refractivity contribution in [3.05, 3.63) is 71.3 Å². The molecule has 1 aliphatic heterocycles. The summed E-state index contributed by atoms with van der Waals surface area (Å²) in [7, 11) is 0. The van der Waals surface area contributed by atoms with Gasteiger partial charge in [-0.05, 0) is 73.6 Å². The molecule has 4 heteroatoms. The van der Waals surface area contributed by atoms with Crippen LogP contribution in [0.4, 0.5) is 0 Å². The van der Waals surface area contributed by atoms with Crippen molar-refractivity contribution in [2.75, 3.05) is 13.1 Å². The number of nitrogens with one attached hydrogen (secondary N) is 2. The van der Waals surface area contributed by atoms with E-state index >= 15 is 0 Å². The second-order valence-electron chi connectivity index (χ2n) is 9.55.